The van der Waals surface area contributed by atoms with Crippen LogP contribution in [0.4, 0.5) is 4.39 Å². The first-order valence-electron chi connectivity index (χ1n) is 7.49. The fraction of sp³-hybridized carbons (Fsp3) is 0.333. The van der Waals surface area contributed by atoms with Crippen LogP contribution in [0.15, 0.2) is 48.5 Å². The molecule has 0 aliphatic carbocycles. The van der Waals surface area contributed by atoms with Crippen LogP contribution >= 0.6 is 0 Å². The molecule has 0 aliphatic heterocycles. The second kappa shape index (κ2) is 7.92. The first-order chi connectivity index (χ1) is 10.5. The summed E-state index contributed by atoms with van der Waals surface area (Å²) in [6, 6.07) is 13.4. The summed E-state index contributed by atoms with van der Waals surface area (Å²) in [7, 11) is 0. The highest BCUT2D eigenvalue weighted by atomic mass is 19.1. The number of nitrogens with one attached hydrogen (secondary N) is 1. The van der Waals surface area contributed by atoms with Crippen molar-refractivity contribution in [1.29, 1.82) is 0 Å². The lowest BCUT2D eigenvalue weighted by molar-refractivity contribution is 0.169. The van der Waals surface area contributed by atoms with Crippen LogP contribution in [0.5, 0.6) is 5.75 Å². The van der Waals surface area contributed by atoms with Gasteiger partial charge in [-0.05, 0) is 55.2 Å². The molecule has 2 aromatic rings. The number of phenolic OH excluding ortho intramolecular Hbond substituents is 1. The molecule has 2 aromatic carbocycles. The van der Waals surface area contributed by atoms with Gasteiger partial charge in [0, 0.05) is 12.6 Å². The fourth-order valence-electron chi connectivity index (χ4n) is 2.30. The third-order valence-corrected chi connectivity index (χ3v) is 3.69. The first-order valence-corrected chi connectivity index (χ1v) is 7.49. The summed E-state index contributed by atoms with van der Waals surface area (Å²) >= 11 is 0. The van der Waals surface area contributed by atoms with Crippen LogP contribution in [0.3, 0.4) is 0 Å². The lowest BCUT2D eigenvalue weighted by atomic mass is 10.1. The van der Waals surface area contributed by atoms with Crippen molar-refractivity contribution in [1.82, 2.24) is 5.32 Å². The molecule has 0 spiro atoms. The third-order valence-electron chi connectivity index (χ3n) is 3.69. The largest absolute Gasteiger partial charge is 0.508 e. The molecule has 3 N–H and O–H groups in total. The summed E-state index contributed by atoms with van der Waals surface area (Å²) in [4.78, 5) is 0. The van der Waals surface area contributed by atoms with Gasteiger partial charge in [-0.2, -0.15) is 0 Å². The van der Waals surface area contributed by atoms with Crippen molar-refractivity contribution >= 4 is 0 Å². The van der Waals surface area contributed by atoms with Crippen LogP contribution in [0.2, 0.25) is 0 Å². The molecule has 0 saturated heterocycles. The monoisotopic (exact) mass is 303 g/mol. The van der Waals surface area contributed by atoms with E-state index >= 15 is 0 Å². The number of benzene rings is 2. The van der Waals surface area contributed by atoms with Crippen molar-refractivity contribution in [3.05, 3.63) is 65.5 Å². The van der Waals surface area contributed by atoms with Crippen molar-refractivity contribution in [2.75, 3.05) is 6.54 Å². The average Bonchev–Trinajstić information content (AvgIpc) is 2.52. The molecule has 118 valence electrons. The zero-order chi connectivity index (χ0) is 15.9. The van der Waals surface area contributed by atoms with Crippen molar-refractivity contribution in [2.45, 2.75) is 31.9 Å². The van der Waals surface area contributed by atoms with Crippen molar-refractivity contribution in [3.8, 4) is 5.75 Å². The summed E-state index contributed by atoms with van der Waals surface area (Å²) in [6.07, 6.45) is 1.11. The standard InChI is InChI=1S/C18H22FNO2/c1-13(5-6-14-7-9-16(19)10-8-14)20-12-18(22)15-3-2-4-17(21)11-15/h2-4,7-11,13,18,20-22H,5-6,12H2,1H3/t13-,18+/m1/s1. The number of halogens is 1. The van der Waals surface area contributed by atoms with Crippen LogP contribution in [-0.4, -0.2) is 22.8 Å². The molecule has 0 fully saturated rings. The van der Waals surface area contributed by atoms with E-state index in [1.807, 2.05) is 0 Å². The van der Waals surface area contributed by atoms with Gasteiger partial charge < -0.3 is 15.5 Å². The molecule has 0 radical (unpaired) electrons. The van der Waals surface area contributed by atoms with Crippen molar-refractivity contribution in [3.63, 3.8) is 0 Å². The maximum Gasteiger partial charge on any atom is 0.123 e. The van der Waals surface area contributed by atoms with Gasteiger partial charge in [-0.1, -0.05) is 24.3 Å². The predicted molar refractivity (Wildman–Crippen MR) is 85.3 cm³/mol. The summed E-state index contributed by atoms with van der Waals surface area (Å²) < 4.78 is 12.8. The van der Waals surface area contributed by atoms with Crippen LogP contribution in [0.25, 0.3) is 0 Å². The summed E-state index contributed by atoms with van der Waals surface area (Å²) in [5.74, 6) is -0.0648. The molecule has 0 bridgehead atoms. The molecule has 0 aromatic heterocycles. The Morgan fingerprint density at radius 1 is 1.14 bits per heavy atom. The molecular weight excluding hydrogens is 281 g/mol. The number of phenols is 1. The number of aromatic hydroxyl groups is 1. The van der Waals surface area contributed by atoms with Gasteiger partial charge in [0.15, 0.2) is 0 Å². The minimum absolute atomic E-state index is 0.154. The van der Waals surface area contributed by atoms with Crippen LogP contribution in [0, 0.1) is 5.82 Å². The molecule has 22 heavy (non-hydrogen) atoms. The normalized spacial score (nSPS) is 13.8. The van der Waals surface area contributed by atoms with Gasteiger partial charge in [-0.15, -0.1) is 0 Å². The Labute approximate surface area is 130 Å². The fourth-order valence-corrected chi connectivity index (χ4v) is 2.30. The molecule has 0 aliphatic rings. The van der Waals surface area contributed by atoms with Gasteiger partial charge in [0.2, 0.25) is 0 Å². The van der Waals surface area contributed by atoms with E-state index in [1.54, 1.807) is 36.4 Å². The third kappa shape index (κ3) is 5.13. The van der Waals surface area contributed by atoms with E-state index in [0.29, 0.717) is 12.1 Å². The number of hydrogen-bond acceptors (Lipinski definition) is 3. The quantitative estimate of drug-likeness (QED) is 0.736. The molecule has 0 amide bonds. The molecule has 0 unspecified atom stereocenters. The van der Waals surface area contributed by atoms with E-state index in [4.69, 9.17) is 0 Å². The average molecular weight is 303 g/mol. The summed E-state index contributed by atoms with van der Waals surface area (Å²) in [5, 5.41) is 22.8. The Kier molecular flexibility index (Phi) is 5.92. The predicted octanol–water partition coefficient (Wildman–Crippen LogP) is 3.18. The SMILES string of the molecule is C[C@H](CCc1ccc(F)cc1)NC[C@H](O)c1cccc(O)c1. The number of aliphatic hydroxyl groups is 1. The second-order valence-corrected chi connectivity index (χ2v) is 5.59. The zero-order valence-corrected chi connectivity index (χ0v) is 12.7. The van der Waals surface area contributed by atoms with Crippen molar-refractivity contribution in [2.24, 2.45) is 0 Å². The highest BCUT2D eigenvalue weighted by molar-refractivity contribution is 5.28. The van der Waals surface area contributed by atoms with Gasteiger partial charge in [-0.25, -0.2) is 4.39 Å². The lowest BCUT2D eigenvalue weighted by Gasteiger charge is -2.17. The Hall–Kier alpha value is -1.91. The first kappa shape index (κ1) is 16.5. The molecule has 3 nitrogen and oxygen atoms in total. The topological polar surface area (TPSA) is 52.5 Å². The molecule has 0 saturated carbocycles. The molecule has 2 atom stereocenters. The Balaban J connectivity index is 1.75. The molecule has 2 rings (SSSR count). The molecular formula is C18H22FNO2. The van der Waals surface area contributed by atoms with Gasteiger partial charge in [0.05, 0.1) is 6.10 Å². The lowest BCUT2D eigenvalue weighted by Crippen LogP contribution is -2.30. The Morgan fingerprint density at radius 3 is 2.55 bits per heavy atom. The molecule has 4 heteroatoms. The highest BCUT2D eigenvalue weighted by Crippen LogP contribution is 2.17. The van der Waals surface area contributed by atoms with Crippen molar-refractivity contribution < 1.29 is 14.6 Å². The van der Waals surface area contributed by atoms with E-state index in [2.05, 4.69) is 12.2 Å². The van der Waals surface area contributed by atoms with E-state index in [1.165, 1.54) is 12.1 Å². The van der Waals surface area contributed by atoms with Crippen LogP contribution in [0.1, 0.15) is 30.6 Å². The zero-order valence-electron chi connectivity index (χ0n) is 12.7. The van der Waals surface area contributed by atoms with E-state index in [0.717, 1.165) is 18.4 Å². The maximum absolute atomic E-state index is 12.8. The smallest absolute Gasteiger partial charge is 0.123 e. The number of rotatable bonds is 7. The Morgan fingerprint density at radius 2 is 1.86 bits per heavy atom. The van der Waals surface area contributed by atoms with Gasteiger partial charge >= 0.3 is 0 Å². The summed E-state index contributed by atoms with van der Waals surface area (Å²) in [6.45, 7) is 2.48. The number of hydrogen-bond donors (Lipinski definition) is 3. The maximum atomic E-state index is 12.8. The van der Waals surface area contributed by atoms with Crippen LogP contribution in [-0.2, 0) is 6.42 Å². The van der Waals surface area contributed by atoms with Gasteiger partial charge in [-0.3, -0.25) is 0 Å². The van der Waals surface area contributed by atoms with E-state index in [-0.39, 0.29) is 17.6 Å². The number of aliphatic hydroxyl groups excluding tert-OH is 1. The van der Waals surface area contributed by atoms with Crippen LogP contribution < -0.4 is 5.32 Å². The van der Waals surface area contributed by atoms with Gasteiger partial charge in [0.1, 0.15) is 11.6 Å². The number of aryl methyl sites for hydroxylation is 1. The Bertz CT molecular complexity index is 586. The highest BCUT2D eigenvalue weighted by Gasteiger charge is 2.10. The van der Waals surface area contributed by atoms with Gasteiger partial charge in [0.25, 0.3) is 0 Å². The van der Waals surface area contributed by atoms with E-state index < -0.39 is 6.10 Å². The minimum atomic E-state index is -0.652. The minimum Gasteiger partial charge on any atom is -0.508 e. The van der Waals surface area contributed by atoms with E-state index in [9.17, 15) is 14.6 Å². The summed E-state index contributed by atoms with van der Waals surface area (Å²) in [5.41, 5.74) is 1.79. The second-order valence-electron chi connectivity index (χ2n) is 5.59. The molecule has 0 heterocycles.